The van der Waals surface area contributed by atoms with Crippen LogP contribution in [0.4, 0.5) is 0 Å². The normalized spacial score (nSPS) is 23.4. The molecule has 1 fully saturated rings. The van der Waals surface area contributed by atoms with Crippen molar-refractivity contribution in [3.63, 3.8) is 0 Å². The first-order chi connectivity index (χ1) is 9.96. The fraction of sp³-hybridized carbons (Fsp3) is 0.714. The topological polar surface area (TPSA) is 58.2 Å². The first-order valence-electron chi connectivity index (χ1n) is 7.25. The van der Waals surface area contributed by atoms with E-state index in [-0.39, 0.29) is 6.04 Å². The summed E-state index contributed by atoms with van der Waals surface area (Å²) in [6, 6.07) is 1.89. The molecule has 2 N–H and O–H groups in total. The Morgan fingerprint density at radius 2 is 2.00 bits per heavy atom. The van der Waals surface area contributed by atoms with Crippen molar-refractivity contribution >= 4 is 33.1 Å². The van der Waals surface area contributed by atoms with Gasteiger partial charge in [0.2, 0.25) is 10.0 Å². The second-order valence-corrected chi connectivity index (χ2v) is 9.66. The van der Waals surface area contributed by atoms with E-state index in [0.717, 1.165) is 35.4 Å². The highest BCUT2D eigenvalue weighted by Crippen LogP contribution is 2.29. The van der Waals surface area contributed by atoms with Gasteiger partial charge in [0.1, 0.15) is 0 Å². The van der Waals surface area contributed by atoms with E-state index >= 15 is 0 Å². The zero-order chi connectivity index (χ0) is 15.5. The number of hydrogen-bond donors (Lipinski definition) is 2. The zero-order valence-corrected chi connectivity index (χ0v) is 15.3. The van der Waals surface area contributed by atoms with Crippen molar-refractivity contribution in [2.45, 2.75) is 55.3 Å². The van der Waals surface area contributed by atoms with E-state index in [1.165, 1.54) is 0 Å². The van der Waals surface area contributed by atoms with Crippen LogP contribution in [0.1, 0.15) is 35.4 Å². The van der Waals surface area contributed by atoms with Crippen LogP contribution in [0, 0.1) is 6.92 Å². The Hall–Kier alpha value is -0.0800. The number of aryl methyl sites for hydroxylation is 1. The third-order valence-corrected chi connectivity index (χ3v) is 7.86. The molecule has 1 heterocycles. The van der Waals surface area contributed by atoms with E-state index in [9.17, 15) is 8.42 Å². The van der Waals surface area contributed by atoms with E-state index in [0.29, 0.717) is 16.7 Å². The van der Waals surface area contributed by atoms with Crippen LogP contribution < -0.4 is 10.0 Å². The average Bonchev–Trinajstić information content (AvgIpc) is 2.81. The van der Waals surface area contributed by atoms with Crippen LogP contribution in [0.25, 0.3) is 0 Å². The molecule has 0 aromatic carbocycles. The molecule has 0 spiro atoms. The number of hydrogen-bond acceptors (Lipinski definition) is 5. The van der Waals surface area contributed by atoms with Crippen LogP contribution in [0.3, 0.4) is 0 Å². The van der Waals surface area contributed by atoms with Crippen LogP contribution in [-0.4, -0.2) is 33.0 Å². The van der Waals surface area contributed by atoms with Gasteiger partial charge >= 0.3 is 0 Å². The highest BCUT2D eigenvalue weighted by atomic mass is 32.2. The summed E-state index contributed by atoms with van der Waals surface area (Å²) in [7, 11) is -1.52. The Bertz CT molecular complexity index is 561. The van der Waals surface area contributed by atoms with Crippen LogP contribution >= 0.6 is 23.1 Å². The van der Waals surface area contributed by atoms with Crippen LogP contribution in [0.2, 0.25) is 0 Å². The smallest absolute Gasteiger partial charge is 0.241 e. The summed E-state index contributed by atoms with van der Waals surface area (Å²) < 4.78 is 28.0. The van der Waals surface area contributed by atoms with Gasteiger partial charge in [0.15, 0.2) is 0 Å². The van der Waals surface area contributed by atoms with Crippen molar-refractivity contribution in [2.75, 3.05) is 13.3 Å². The first-order valence-corrected chi connectivity index (χ1v) is 10.8. The number of thiophene rings is 1. The predicted octanol–water partition coefficient (Wildman–Crippen LogP) is 2.73. The molecule has 0 bridgehead atoms. The second kappa shape index (κ2) is 7.46. The molecule has 1 aromatic rings. The Morgan fingerprint density at radius 1 is 1.33 bits per heavy atom. The Morgan fingerprint density at radius 3 is 2.57 bits per heavy atom. The summed E-state index contributed by atoms with van der Waals surface area (Å²) >= 11 is 3.44. The lowest BCUT2D eigenvalue weighted by Gasteiger charge is -2.27. The minimum atomic E-state index is -3.39. The Balaban J connectivity index is 2.05. The number of rotatable bonds is 6. The lowest BCUT2D eigenvalue weighted by Crippen LogP contribution is -2.38. The van der Waals surface area contributed by atoms with Crippen molar-refractivity contribution in [2.24, 2.45) is 0 Å². The molecule has 1 saturated carbocycles. The fourth-order valence-electron chi connectivity index (χ4n) is 2.75. The SMILES string of the molecule is CNCc1cc(S(=O)(=O)NC2CCC(SC)CC2)c(C)s1. The van der Waals surface area contributed by atoms with Gasteiger partial charge in [-0.1, -0.05) is 0 Å². The summed E-state index contributed by atoms with van der Waals surface area (Å²) in [5, 5.41) is 3.75. The molecule has 2 rings (SSSR count). The molecule has 0 unspecified atom stereocenters. The van der Waals surface area contributed by atoms with Crippen LogP contribution in [-0.2, 0) is 16.6 Å². The van der Waals surface area contributed by atoms with Gasteiger partial charge in [0, 0.05) is 27.6 Å². The van der Waals surface area contributed by atoms with E-state index in [1.807, 2.05) is 25.7 Å². The van der Waals surface area contributed by atoms with Crippen molar-refractivity contribution in [1.82, 2.24) is 10.0 Å². The fourth-order valence-corrected chi connectivity index (χ4v) is 6.45. The van der Waals surface area contributed by atoms with Gasteiger partial charge in [-0.25, -0.2) is 13.1 Å². The molecule has 0 amide bonds. The summed E-state index contributed by atoms with van der Waals surface area (Å²) in [5.41, 5.74) is 0. The summed E-state index contributed by atoms with van der Waals surface area (Å²) in [6.45, 7) is 2.59. The summed E-state index contributed by atoms with van der Waals surface area (Å²) in [6.07, 6.45) is 6.21. The molecule has 4 nitrogen and oxygen atoms in total. The lowest BCUT2D eigenvalue weighted by atomic mass is 9.96. The van der Waals surface area contributed by atoms with Gasteiger partial charge in [-0.15, -0.1) is 11.3 Å². The molecule has 0 saturated heterocycles. The maximum absolute atomic E-state index is 12.6. The molecular weight excluding hydrogens is 324 g/mol. The van der Waals surface area contributed by atoms with Gasteiger partial charge in [-0.05, 0) is 52.0 Å². The van der Waals surface area contributed by atoms with Crippen molar-refractivity contribution < 1.29 is 8.42 Å². The second-order valence-electron chi connectivity index (χ2n) is 5.49. The van der Waals surface area contributed by atoms with Crippen molar-refractivity contribution in [3.05, 3.63) is 15.8 Å². The van der Waals surface area contributed by atoms with Gasteiger partial charge in [-0.3, -0.25) is 0 Å². The number of thioether (sulfide) groups is 1. The number of nitrogens with one attached hydrogen (secondary N) is 2. The van der Waals surface area contributed by atoms with Crippen LogP contribution in [0.15, 0.2) is 11.0 Å². The summed E-state index contributed by atoms with van der Waals surface area (Å²) in [5.74, 6) is 0. The molecule has 1 aliphatic rings. The largest absolute Gasteiger partial charge is 0.315 e. The Labute approximate surface area is 136 Å². The van der Waals surface area contributed by atoms with E-state index < -0.39 is 10.0 Å². The van der Waals surface area contributed by atoms with Crippen molar-refractivity contribution in [1.29, 1.82) is 0 Å². The maximum Gasteiger partial charge on any atom is 0.241 e. The highest BCUT2D eigenvalue weighted by molar-refractivity contribution is 7.99. The molecule has 120 valence electrons. The first kappa shape index (κ1) is 17.3. The van der Waals surface area contributed by atoms with E-state index in [1.54, 1.807) is 17.4 Å². The predicted molar refractivity (Wildman–Crippen MR) is 91.7 cm³/mol. The molecule has 1 aliphatic carbocycles. The van der Waals surface area contributed by atoms with Gasteiger partial charge in [-0.2, -0.15) is 11.8 Å². The Kier molecular flexibility index (Phi) is 6.14. The monoisotopic (exact) mass is 348 g/mol. The van der Waals surface area contributed by atoms with Gasteiger partial charge in [0.05, 0.1) is 4.90 Å². The van der Waals surface area contributed by atoms with E-state index in [2.05, 4.69) is 16.3 Å². The van der Waals surface area contributed by atoms with Crippen molar-refractivity contribution in [3.8, 4) is 0 Å². The van der Waals surface area contributed by atoms with Gasteiger partial charge in [0.25, 0.3) is 0 Å². The molecular formula is C14H24N2O2S3. The van der Waals surface area contributed by atoms with E-state index in [4.69, 9.17) is 0 Å². The minimum absolute atomic E-state index is 0.0884. The molecule has 0 aliphatic heterocycles. The maximum atomic E-state index is 12.6. The number of sulfonamides is 1. The molecule has 21 heavy (non-hydrogen) atoms. The molecule has 0 radical (unpaired) electrons. The third-order valence-electron chi connectivity index (χ3n) is 3.89. The highest BCUT2D eigenvalue weighted by Gasteiger charge is 2.27. The third kappa shape index (κ3) is 4.45. The standard InChI is InChI=1S/C14H24N2O2S3/c1-10-14(8-13(20-10)9-15-2)21(17,18)16-11-4-6-12(19-3)7-5-11/h8,11-12,15-16H,4-7,9H2,1-3H3. The molecule has 0 atom stereocenters. The quantitative estimate of drug-likeness (QED) is 0.830. The zero-order valence-electron chi connectivity index (χ0n) is 12.8. The molecule has 1 aromatic heterocycles. The molecule has 7 heteroatoms. The average molecular weight is 349 g/mol. The minimum Gasteiger partial charge on any atom is -0.315 e. The van der Waals surface area contributed by atoms with Crippen LogP contribution in [0.5, 0.6) is 0 Å². The lowest BCUT2D eigenvalue weighted by molar-refractivity contribution is 0.420. The summed E-state index contributed by atoms with van der Waals surface area (Å²) in [4.78, 5) is 2.37. The van der Waals surface area contributed by atoms with Gasteiger partial charge < -0.3 is 5.32 Å².